The van der Waals surface area contributed by atoms with Gasteiger partial charge in [-0.2, -0.15) is 0 Å². The van der Waals surface area contributed by atoms with E-state index in [1.807, 2.05) is 0 Å². The number of carboxylic acids is 1. The lowest BCUT2D eigenvalue weighted by Crippen LogP contribution is -2.35. The fraction of sp³-hybridized carbons (Fsp3) is 0.444. The molecule has 0 unspecified atom stereocenters. The van der Waals surface area contributed by atoms with Crippen molar-refractivity contribution < 1.29 is 18.7 Å². The summed E-state index contributed by atoms with van der Waals surface area (Å²) in [6.07, 6.45) is 4.31. The van der Waals surface area contributed by atoms with E-state index < -0.39 is 11.4 Å². The maximum absolute atomic E-state index is 13.3. The van der Waals surface area contributed by atoms with Gasteiger partial charge in [-0.1, -0.05) is 12.5 Å². The van der Waals surface area contributed by atoms with E-state index in [0.29, 0.717) is 24.5 Å². The van der Waals surface area contributed by atoms with Gasteiger partial charge >= 0.3 is 5.97 Å². The van der Waals surface area contributed by atoms with Crippen molar-refractivity contribution in [1.82, 2.24) is 9.88 Å². The van der Waals surface area contributed by atoms with Gasteiger partial charge in [-0.3, -0.25) is 9.69 Å². The summed E-state index contributed by atoms with van der Waals surface area (Å²) in [6, 6.07) is 6.13. The quantitative estimate of drug-likeness (QED) is 0.933. The number of halogens is 1. The van der Waals surface area contributed by atoms with Gasteiger partial charge in [0.2, 0.25) is 5.89 Å². The molecule has 6 heteroatoms. The van der Waals surface area contributed by atoms with Crippen LogP contribution >= 0.6 is 0 Å². The number of hydrogen-bond donors (Lipinski definition) is 1. The Morgan fingerprint density at radius 3 is 3.12 bits per heavy atom. The first-order valence-corrected chi connectivity index (χ1v) is 8.23. The highest BCUT2D eigenvalue weighted by atomic mass is 19.1. The molecule has 2 heterocycles. The average molecular weight is 330 g/mol. The molecule has 1 aliphatic carbocycles. The van der Waals surface area contributed by atoms with E-state index in [1.165, 1.54) is 12.1 Å². The maximum atomic E-state index is 13.3. The Labute approximate surface area is 139 Å². The van der Waals surface area contributed by atoms with E-state index in [4.69, 9.17) is 4.42 Å². The highest BCUT2D eigenvalue weighted by Gasteiger charge is 2.54. The van der Waals surface area contributed by atoms with Crippen LogP contribution in [0.15, 0.2) is 34.9 Å². The van der Waals surface area contributed by atoms with Crippen LogP contribution < -0.4 is 0 Å². The van der Waals surface area contributed by atoms with E-state index in [0.717, 1.165) is 31.5 Å². The SMILES string of the molecule is O=C(O)[C@@]12CCC[C@H]1CN(Cc1coc(-c3cccc(F)c3)n1)C2. The van der Waals surface area contributed by atoms with Crippen LogP contribution in [0.3, 0.4) is 0 Å². The molecule has 24 heavy (non-hydrogen) atoms. The molecule has 1 N–H and O–H groups in total. The number of likely N-dealkylation sites (tertiary alicyclic amines) is 1. The molecule has 2 fully saturated rings. The zero-order valence-corrected chi connectivity index (χ0v) is 13.2. The summed E-state index contributed by atoms with van der Waals surface area (Å²) in [5.41, 5.74) is 0.756. The van der Waals surface area contributed by atoms with Gasteiger partial charge in [0.05, 0.1) is 11.1 Å². The Morgan fingerprint density at radius 2 is 2.38 bits per heavy atom. The van der Waals surface area contributed by atoms with Gasteiger partial charge in [-0.15, -0.1) is 0 Å². The number of nitrogens with zero attached hydrogens (tertiary/aromatic N) is 2. The lowest BCUT2D eigenvalue weighted by Gasteiger charge is -2.23. The van der Waals surface area contributed by atoms with Crippen molar-refractivity contribution in [3.63, 3.8) is 0 Å². The molecule has 1 aromatic carbocycles. The number of hydrogen-bond acceptors (Lipinski definition) is 4. The zero-order valence-electron chi connectivity index (χ0n) is 13.2. The minimum Gasteiger partial charge on any atom is -0.481 e. The van der Waals surface area contributed by atoms with E-state index >= 15 is 0 Å². The van der Waals surface area contributed by atoms with Crippen molar-refractivity contribution in [1.29, 1.82) is 0 Å². The molecule has 0 amide bonds. The molecule has 2 atom stereocenters. The van der Waals surface area contributed by atoms with Gasteiger partial charge in [0.15, 0.2) is 0 Å². The van der Waals surface area contributed by atoms with Gasteiger partial charge in [-0.25, -0.2) is 9.37 Å². The van der Waals surface area contributed by atoms with Crippen molar-refractivity contribution in [3.8, 4) is 11.5 Å². The Morgan fingerprint density at radius 1 is 1.50 bits per heavy atom. The van der Waals surface area contributed by atoms with Crippen LogP contribution in [0.4, 0.5) is 4.39 Å². The Balaban J connectivity index is 1.48. The first kappa shape index (κ1) is 15.3. The third-order valence-corrected chi connectivity index (χ3v) is 5.38. The standard InChI is InChI=1S/C18H19FN2O3/c19-14-5-1-3-12(7-14)16-20-15(10-24-16)9-21-8-13-4-2-6-18(13,11-21)17(22)23/h1,3,5,7,10,13H,2,4,6,8-9,11H2,(H,22,23)/t13-,18+/m0/s1. The molecule has 1 aliphatic heterocycles. The molecule has 5 nitrogen and oxygen atoms in total. The normalized spacial score (nSPS) is 26.6. The molecule has 2 aliphatic rings. The summed E-state index contributed by atoms with van der Waals surface area (Å²) >= 11 is 0. The highest BCUT2D eigenvalue weighted by Crippen LogP contribution is 2.49. The molecule has 126 valence electrons. The van der Waals surface area contributed by atoms with Crippen LogP contribution in [0.1, 0.15) is 25.0 Å². The molecule has 1 saturated heterocycles. The molecule has 1 aromatic heterocycles. The van der Waals surface area contributed by atoms with Crippen LogP contribution in [0.2, 0.25) is 0 Å². The summed E-state index contributed by atoms with van der Waals surface area (Å²) in [5, 5.41) is 9.64. The number of aliphatic carboxylic acids is 1. The number of aromatic nitrogens is 1. The summed E-state index contributed by atoms with van der Waals surface area (Å²) in [7, 11) is 0. The molecule has 0 radical (unpaired) electrons. The Kier molecular flexibility index (Phi) is 3.64. The van der Waals surface area contributed by atoms with E-state index in [2.05, 4.69) is 9.88 Å². The van der Waals surface area contributed by atoms with Crippen LogP contribution in [-0.4, -0.2) is 34.0 Å². The smallest absolute Gasteiger partial charge is 0.311 e. The Bertz CT molecular complexity index is 775. The minimum absolute atomic E-state index is 0.226. The fourth-order valence-corrected chi connectivity index (χ4v) is 4.23. The average Bonchev–Trinajstić information content (AvgIpc) is 3.21. The van der Waals surface area contributed by atoms with Crippen molar-refractivity contribution in [3.05, 3.63) is 42.0 Å². The predicted octanol–water partition coefficient (Wildman–Crippen LogP) is 3.17. The molecule has 2 aromatic rings. The number of carbonyl (C=O) groups is 1. The molecule has 4 rings (SSSR count). The summed E-state index contributed by atoms with van der Waals surface area (Å²) in [6.45, 7) is 1.91. The topological polar surface area (TPSA) is 66.6 Å². The van der Waals surface area contributed by atoms with Crippen LogP contribution in [0.5, 0.6) is 0 Å². The number of rotatable bonds is 4. The molecule has 0 spiro atoms. The molecule has 0 bridgehead atoms. The van der Waals surface area contributed by atoms with Gasteiger partial charge in [0, 0.05) is 25.2 Å². The van der Waals surface area contributed by atoms with Crippen LogP contribution in [0.25, 0.3) is 11.5 Å². The second-order valence-corrected chi connectivity index (χ2v) is 6.87. The second kappa shape index (κ2) is 5.70. The van der Waals surface area contributed by atoms with Gasteiger partial charge in [0.25, 0.3) is 0 Å². The highest BCUT2D eigenvalue weighted by molar-refractivity contribution is 5.76. The fourth-order valence-electron chi connectivity index (χ4n) is 4.23. The third kappa shape index (κ3) is 2.51. The van der Waals surface area contributed by atoms with Crippen molar-refractivity contribution in [2.24, 2.45) is 11.3 Å². The lowest BCUT2D eigenvalue weighted by atomic mass is 9.81. The van der Waals surface area contributed by atoms with Gasteiger partial charge in [0.1, 0.15) is 12.1 Å². The minimum atomic E-state index is -0.673. The van der Waals surface area contributed by atoms with E-state index in [1.54, 1.807) is 18.4 Å². The van der Waals surface area contributed by atoms with E-state index in [9.17, 15) is 14.3 Å². The molecular formula is C18H19FN2O3. The molecule has 1 saturated carbocycles. The van der Waals surface area contributed by atoms with E-state index in [-0.39, 0.29) is 11.7 Å². The first-order chi connectivity index (χ1) is 11.6. The van der Waals surface area contributed by atoms with Crippen LogP contribution in [-0.2, 0) is 11.3 Å². The maximum Gasteiger partial charge on any atom is 0.311 e. The number of benzene rings is 1. The summed E-state index contributed by atoms with van der Waals surface area (Å²) in [4.78, 5) is 18.3. The van der Waals surface area contributed by atoms with Crippen molar-refractivity contribution >= 4 is 5.97 Å². The lowest BCUT2D eigenvalue weighted by molar-refractivity contribution is -0.149. The number of carboxylic acid groups (broad SMARTS) is 1. The summed E-state index contributed by atoms with van der Waals surface area (Å²) in [5.74, 6) is -0.391. The second-order valence-electron chi connectivity index (χ2n) is 6.87. The van der Waals surface area contributed by atoms with Crippen molar-refractivity contribution in [2.75, 3.05) is 13.1 Å². The number of fused-ring (bicyclic) bond motifs is 1. The third-order valence-electron chi connectivity index (χ3n) is 5.38. The predicted molar refractivity (Wildman–Crippen MR) is 84.6 cm³/mol. The van der Waals surface area contributed by atoms with Crippen molar-refractivity contribution in [2.45, 2.75) is 25.8 Å². The first-order valence-electron chi connectivity index (χ1n) is 8.23. The number of oxazole rings is 1. The largest absolute Gasteiger partial charge is 0.481 e. The molecular weight excluding hydrogens is 311 g/mol. The zero-order chi connectivity index (χ0) is 16.7. The van der Waals surface area contributed by atoms with Gasteiger partial charge < -0.3 is 9.52 Å². The van der Waals surface area contributed by atoms with Gasteiger partial charge in [-0.05, 0) is 37.0 Å². The summed E-state index contributed by atoms with van der Waals surface area (Å²) < 4.78 is 18.8. The van der Waals surface area contributed by atoms with Crippen LogP contribution in [0, 0.1) is 17.2 Å². The Hall–Kier alpha value is -2.21. The monoisotopic (exact) mass is 330 g/mol.